The van der Waals surface area contributed by atoms with E-state index in [0.29, 0.717) is 19.3 Å². The van der Waals surface area contributed by atoms with Crippen molar-refractivity contribution in [1.82, 2.24) is 0 Å². The van der Waals surface area contributed by atoms with Crippen molar-refractivity contribution in [3.05, 3.63) is 35.4 Å². The third-order valence-corrected chi connectivity index (χ3v) is 3.41. The average molecular weight is 271 g/mol. The van der Waals surface area contributed by atoms with Crippen LogP contribution in [0.2, 0.25) is 0 Å². The van der Waals surface area contributed by atoms with Gasteiger partial charge in [0.25, 0.3) is 0 Å². The molecule has 0 aliphatic carbocycles. The van der Waals surface area contributed by atoms with Crippen LogP contribution in [-0.2, 0) is 4.79 Å². The maximum atomic E-state index is 13.7. The van der Waals surface area contributed by atoms with Gasteiger partial charge in [-0.05, 0) is 43.4 Å². The summed E-state index contributed by atoms with van der Waals surface area (Å²) in [6.45, 7) is 1.95. The number of halogens is 2. The molecule has 2 atom stereocenters. The first kappa shape index (κ1) is 15.6. The maximum Gasteiger partial charge on any atom is 0.306 e. The molecule has 2 unspecified atom stereocenters. The molecule has 0 aromatic heterocycles. The number of aliphatic carboxylic acids is 1. The van der Waals surface area contributed by atoms with E-state index < -0.39 is 23.5 Å². The molecule has 5 heteroatoms. The van der Waals surface area contributed by atoms with Gasteiger partial charge in [0.05, 0.1) is 5.92 Å². The van der Waals surface area contributed by atoms with Crippen molar-refractivity contribution in [3.63, 3.8) is 0 Å². The molecule has 0 heterocycles. The van der Waals surface area contributed by atoms with Crippen LogP contribution < -0.4 is 5.73 Å². The molecule has 19 heavy (non-hydrogen) atoms. The topological polar surface area (TPSA) is 63.3 Å². The van der Waals surface area contributed by atoms with Crippen LogP contribution in [0.5, 0.6) is 0 Å². The predicted molar refractivity (Wildman–Crippen MR) is 68.8 cm³/mol. The standard InChI is InChI=1S/C14H19F2NO2/c1-2-9(14(18)19)6-7-10(8-17)11-4-3-5-12(15)13(11)16/h3-5,9-10H,2,6-8,17H2,1H3,(H,18,19). The lowest BCUT2D eigenvalue weighted by Crippen LogP contribution is -2.18. The van der Waals surface area contributed by atoms with Gasteiger partial charge in [0.1, 0.15) is 0 Å². The lowest BCUT2D eigenvalue weighted by molar-refractivity contribution is -0.142. The van der Waals surface area contributed by atoms with E-state index in [1.165, 1.54) is 12.1 Å². The number of carbonyl (C=O) groups is 1. The fraction of sp³-hybridized carbons (Fsp3) is 0.500. The van der Waals surface area contributed by atoms with Gasteiger partial charge in [-0.2, -0.15) is 0 Å². The smallest absolute Gasteiger partial charge is 0.306 e. The lowest BCUT2D eigenvalue weighted by atomic mass is 9.89. The van der Waals surface area contributed by atoms with E-state index in [9.17, 15) is 13.6 Å². The highest BCUT2D eigenvalue weighted by Gasteiger charge is 2.21. The fourth-order valence-electron chi connectivity index (χ4n) is 2.14. The number of nitrogens with two attached hydrogens (primary N) is 1. The molecular weight excluding hydrogens is 252 g/mol. The number of hydrogen-bond acceptors (Lipinski definition) is 2. The SMILES string of the molecule is CCC(CCC(CN)c1cccc(F)c1F)C(=O)O. The van der Waals surface area contributed by atoms with Gasteiger partial charge in [-0.3, -0.25) is 4.79 Å². The summed E-state index contributed by atoms with van der Waals surface area (Å²) in [4.78, 5) is 10.9. The number of carboxylic acids is 1. The second kappa shape index (κ2) is 7.19. The molecule has 0 amide bonds. The van der Waals surface area contributed by atoms with Crippen LogP contribution in [0.1, 0.15) is 37.7 Å². The third kappa shape index (κ3) is 3.99. The summed E-state index contributed by atoms with van der Waals surface area (Å²) >= 11 is 0. The van der Waals surface area contributed by atoms with Crippen molar-refractivity contribution in [2.45, 2.75) is 32.1 Å². The van der Waals surface area contributed by atoms with Crippen molar-refractivity contribution in [1.29, 1.82) is 0 Å². The van der Waals surface area contributed by atoms with E-state index in [1.54, 1.807) is 6.92 Å². The zero-order chi connectivity index (χ0) is 14.4. The minimum atomic E-state index is -0.902. The van der Waals surface area contributed by atoms with Gasteiger partial charge in [-0.25, -0.2) is 8.78 Å². The van der Waals surface area contributed by atoms with E-state index in [0.717, 1.165) is 6.07 Å². The van der Waals surface area contributed by atoms with Gasteiger partial charge in [-0.1, -0.05) is 19.1 Å². The monoisotopic (exact) mass is 271 g/mol. The molecule has 0 spiro atoms. The Labute approximate surface area is 111 Å². The summed E-state index contributed by atoms with van der Waals surface area (Å²) < 4.78 is 26.8. The van der Waals surface area contributed by atoms with Crippen LogP contribution in [-0.4, -0.2) is 17.6 Å². The second-order valence-corrected chi connectivity index (χ2v) is 4.60. The first-order chi connectivity index (χ1) is 9.01. The average Bonchev–Trinajstić information content (AvgIpc) is 2.38. The van der Waals surface area contributed by atoms with Crippen LogP contribution >= 0.6 is 0 Å². The molecule has 1 aromatic carbocycles. The number of hydrogen-bond donors (Lipinski definition) is 2. The minimum absolute atomic E-state index is 0.163. The Bertz CT molecular complexity index is 437. The Kier molecular flexibility index (Phi) is 5.89. The second-order valence-electron chi connectivity index (χ2n) is 4.60. The summed E-state index contributed by atoms with van der Waals surface area (Å²) in [6.07, 6.45) is 1.35. The van der Waals surface area contributed by atoms with E-state index >= 15 is 0 Å². The van der Waals surface area contributed by atoms with E-state index in [-0.39, 0.29) is 18.0 Å². The van der Waals surface area contributed by atoms with Gasteiger partial charge in [-0.15, -0.1) is 0 Å². The summed E-state index contributed by atoms with van der Waals surface area (Å²) in [5, 5.41) is 8.96. The molecule has 0 bridgehead atoms. The lowest BCUT2D eigenvalue weighted by Gasteiger charge is -2.18. The van der Waals surface area contributed by atoms with Crippen molar-refractivity contribution >= 4 is 5.97 Å². The van der Waals surface area contributed by atoms with Gasteiger partial charge in [0.15, 0.2) is 11.6 Å². The van der Waals surface area contributed by atoms with Crippen molar-refractivity contribution < 1.29 is 18.7 Å². The van der Waals surface area contributed by atoms with Gasteiger partial charge >= 0.3 is 5.97 Å². The third-order valence-electron chi connectivity index (χ3n) is 3.41. The van der Waals surface area contributed by atoms with Gasteiger partial charge < -0.3 is 10.8 Å². The van der Waals surface area contributed by atoms with Gasteiger partial charge in [0.2, 0.25) is 0 Å². The first-order valence-corrected chi connectivity index (χ1v) is 6.38. The van der Waals surface area contributed by atoms with E-state index in [2.05, 4.69) is 0 Å². The van der Waals surface area contributed by atoms with E-state index in [4.69, 9.17) is 10.8 Å². The predicted octanol–water partition coefficient (Wildman–Crippen LogP) is 2.90. The molecule has 0 fully saturated rings. The zero-order valence-corrected chi connectivity index (χ0v) is 10.9. The summed E-state index contributed by atoms with van der Waals surface area (Å²) in [7, 11) is 0. The molecule has 1 rings (SSSR count). The van der Waals surface area contributed by atoms with Crippen LogP contribution in [0.4, 0.5) is 8.78 Å². The van der Waals surface area contributed by atoms with Crippen molar-refractivity contribution in [3.8, 4) is 0 Å². The normalized spacial score (nSPS) is 14.1. The molecule has 0 radical (unpaired) electrons. The molecule has 3 nitrogen and oxygen atoms in total. The number of carboxylic acid groups (broad SMARTS) is 1. The summed E-state index contributed by atoms with van der Waals surface area (Å²) in [6, 6.07) is 3.99. The molecule has 0 saturated carbocycles. The van der Waals surface area contributed by atoms with E-state index in [1.807, 2.05) is 0 Å². The van der Waals surface area contributed by atoms with Crippen molar-refractivity contribution in [2.75, 3.05) is 6.54 Å². The highest BCUT2D eigenvalue weighted by Crippen LogP contribution is 2.27. The molecular formula is C14H19F2NO2. The molecule has 0 aliphatic heterocycles. The first-order valence-electron chi connectivity index (χ1n) is 6.38. The molecule has 0 aliphatic rings. The Morgan fingerprint density at radius 1 is 1.37 bits per heavy atom. The highest BCUT2D eigenvalue weighted by molar-refractivity contribution is 5.69. The summed E-state index contributed by atoms with van der Waals surface area (Å²) in [5.74, 6) is -3.48. The Balaban J connectivity index is 2.78. The Morgan fingerprint density at radius 3 is 2.58 bits per heavy atom. The highest BCUT2D eigenvalue weighted by atomic mass is 19.2. The quantitative estimate of drug-likeness (QED) is 0.801. The van der Waals surface area contributed by atoms with Crippen LogP contribution in [0.3, 0.4) is 0 Å². The minimum Gasteiger partial charge on any atom is -0.481 e. The number of rotatable bonds is 7. The molecule has 106 valence electrons. The maximum absolute atomic E-state index is 13.7. The van der Waals surface area contributed by atoms with Crippen LogP contribution in [0.15, 0.2) is 18.2 Å². The zero-order valence-electron chi connectivity index (χ0n) is 10.9. The van der Waals surface area contributed by atoms with Crippen LogP contribution in [0.25, 0.3) is 0 Å². The largest absolute Gasteiger partial charge is 0.481 e. The van der Waals surface area contributed by atoms with Gasteiger partial charge in [0, 0.05) is 0 Å². The Morgan fingerprint density at radius 2 is 2.05 bits per heavy atom. The molecule has 1 aromatic rings. The summed E-state index contributed by atoms with van der Waals surface area (Å²) in [5.41, 5.74) is 5.82. The fourth-order valence-corrected chi connectivity index (χ4v) is 2.14. The molecule has 0 saturated heterocycles. The van der Waals surface area contributed by atoms with Crippen molar-refractivity contribution in [2.24, 2.45) is 11.7 Å². The number of benzene rings is 1. The molecule has 3 N–H and O–H groups in total. The van der Waals surface area contributed by atoms with Crippen LogP contribution in [0, 0.1) is 17.6 Å². The Hall–Kier alpha value is -1.49.